The minimum atomic E-state index is -2.74. The quantitative estimate of drug-likeness (QED) is 0.364. The molecule has 0 aliphatic carbocycles. The van der Waals surface area contributed by atoms with Crippen LogP contribution in [0.2, 0.25) is 0 Å². The monoisotopic (exact) mass is 493 g/mol. The highest BCUT2D eigenvalue weighted by molar-refractivity contribution is 7.17. The Labute approximate surface area is 201 Å². The average Bonchev–Trinajstić information content (AvgIpc) is 3.02. The Kier molecular flexibility index (Phi) is 10.6. The van der Waals surface area contributed by atoms with E-state index in [1.807, 2.05) is 17.5 Å². The number of carboxylic acid groups (broad SMARTS) is 3. The molecule has 0 atom stereocenters. The van der Waals surface area contributed by atoms with Gasteiger partial charge < -0.3 is 25.3 Å². The number of aliphatic carboxylic acids is 3. The highest BCUT2D eigenvalue weighted by atomic mass is 32.1. The molecule has 9 nitrogen and oxygen atoms in total. The standard InChI is InChI=1S/C18H23NOS.C6H8O7/c20-17(9-7-13-19-11-5-1-2-6-12-19)16-14-21-18-10-4-3-8-15(16)18;7-3(8)1-6(13,5(11)12)2-4(9)10/h3-4,8,10,14H,1-2,5-7,9,11-13H2;13H,1-2H2,(H,7,8)(H,9,10)(H,11,12). The second-order valence-corrected chi connectivity index (χ2v) is 9.32. The van der Waals surface area contributed by atoms with Crippen molar-refractivity contribution < 1.29 is 39.6 Å². The second kappa shape index (κ2) is 13.2. The molecule has 3 rings (SSSR count). The lowest BCUT2D eigenvalue weighted by atomic mass is 9.96. The van der Waals surface area contributed by atoms with E-state index in [1.54, 1.807) is 11.3 Å². The van der Waals surface area contributed by atoms with Crippen LogP contribution in [0.4, 0.5) is 0 Å². The van der Waals surface area contributed by atoms with Crippen LogP contribution in [0, 0.1) is 0 Å². The normalized spacial score (nSPS) is 14.6. The van der Waals surface area contributed by atoms with Crippen molar-refractivity contribution in [1.29, 1.82) is 0 Å². The van der Waals surface area contributed by atoms with Crippen molar-refractivity contribution in [2.24, 2.45) is 0 Å². The Morgan fingerprint density at radius 3 is 2.06 bits per heavy atom. The summed E-state index contributed by atoms with van der Waals surface area (Å²) in [6.07, 6.45) is 4.77. The SMILES string of the molecule is O=C(CCCN1CCCCCC1)c1csc2ccccc12.O=C(O)CC(O)(CC(=O)O)C(=O)O. The molecule has 1 saturated heterocycles. The number of Topliss-reactive ketones (excluding diaryl/α,β-unsaturated/α-hetero) is 1. The van der Waals surface area contributed by atoms with Gasteiger partial charge in [-0.2, -0.15) is 0 Å². The van der Waals surface area contributed by atoms with Gasteiger partial charge in [-0.1, -0.05) is 31.0 Å². The van der Waals surface area contributed by atoms with E-state index in [1.165, 1.54) is 43.5 Å². The molecule has 1 aliphatic heterocycles. The predicted octanol–water partition coefficient (Wildman–Crippen LogP) is 3.49. The second-order valence-electron chi connectivity index (χ2n) is 8.41. The van der Waals surface area contributed by atoms with Gasteiger partial charge in [0.1, 0.15) is 0 Å². The van der Waals surface area contributed by atoms with E-state index in [2.05, 4.69) is 17.0 Å². The minimum absolute atomic E-state index is 0.308. The van der Waals surface area contributed by atoms with Crippen molar-refractivity contribution in [2.45, 2.75) is 57.0 Å². The summed E-state index contributed by atoms with van der Waals surface area (Å²) in [7, 11) is 0. The Hall–Kier alpha value is -2.82. The van der Waals surface area contributed by atoms with E-state index in [0.717, 1.165) is 23.9 Å². The van der Waals surface area contributed by atoms with Gasteiger partial charge in [0.25, 0.3) is 0 Å². The smallest absolute Gasteiger partial charge is 0.336 e. The van der Waals surface area contributed by atoms with Crippen molar-refractivity contribution >= 4 is 45.1 Å². The maximum absolute atomic E-state index is 12.4. The maximum Gasteiger partial charge on any atom is 0.336 e. The van der Waals surface area contributed by atoms with Crippen LogP contribution in [0.3, 0.4) is 0 Å². The molecule has 0 amide bonds. The fourth-order valence-electron chi connectivity index (χ4n) is 3.87. The summed E-state index contributed by atoms with van der Waals surface area (Å²) in [6.45, 7) is 3.51. The molecular formula is C24H31NO8S. The van der Waals surface area contributed by atoms with E-state index < -0.39 is 36.4 Å². The van der Waals surface area contributed by atoms with Crippen LogP contribution in [0.5, 0.6) is 0 Å². The number of hydrogen-bond acceptors (Lipinski definition) is 7. The summed E-state index contributed by atoms with van der Waals surface area (Å²) in [4.78, 5) is 45.4. The summed E-state index contributed by atoms with van der Waals surface area (Å²) in [6, 6.07) is 8.21. The number of hydrogen-bond donors (Lipinski definition) is 4. The highest BCUT2D eigenvalue weighted by Crippen LogP contribution is 2.27. The molecule has 0 saturated carbocycles. The number of carbonyl (C=O) groups excluding carboxylic acids is 1. The topological polar surface area (TPSA) is 152 Å². The van der Waals surface area contributed by atoms with Gasteiger partial charge in [0.2, 0.25) is 0 Å². The number of fused-ring (bicyclic) bond motifs is 1. The fourth-order valence-corrected chi connectivity index (χ4v) is 4.83. The van der Waals surface area contributed by atoms with Gasteiger partial charge in [0.15, 0.2) is 11.4 Å². The average molecular weight is 494 g/mol. The number of benzene rings is 1. The van der Waals surface area contributed by atoms with Crippen LogP contribution >= 0.6 is 11.3 Å². The zero-order chi connectivity index (χ0) is 25.1. The van der Waals surface area contributed by atoms with Crippen LogP contribution in [-0.2, 0) is 14.4 Å². The lowest BCUT2D eigenvalue weighted by Crippen LogP contribution is -2.42. The molecule has 1 aromatic heterocycles. The Bertz CT molecular complexity index is 978. The van der Waals surface area contributed by atoms with Crippen molar-refractivity contribution in [3.8, 4) is 0 Å². The van der Waals surface area contributed by atoms with E-state index in [4.69, 9.17) is 20.4 Å². The number of likely N-dealkylation sites (tertiary alicyclic amines) is 1. The molecule has 1 fully saturated rings. The van der Waals surface area contributed by atoms with Crippen LogP contribution < -0.4 is 0 Å². The first-order valence-corrected chi connectivity index (χ1v) is 12.1. The van der Waals surface area contributed by atoms with E-state index >= 15 is 0 Å². The summed E-state index contributed by atoms with van der Waals surface area (Å²) in [5.41, 5.74) is -1.82. The van der Waals surface area contributed by atoms with E-state index in [9.17, 15) is 19.2 Å². The largest absolute Gasteiger partial charge is 0.481 e. The number of nitrogens with zero attached hydrogens (tertiary/aromatic N) is 1. The van der Waals surface area contributed by atoms with E-state index in [0.29, 0.717) is 12.2 Å². The van der Waals surface area contributed by atoms with Crippen molar-refractivity contribution in [1.82, 2.24) is 4.90 Å². The minimum Gasteiger partial charge on any atom is -0.481 e. The number of aliphatic hydroxyl groups is 1. The highest BCUT2D eigenvalue weighted by Gasteiger charge is 2.40. The first-order valence-electron chi connectivity index (χ1n) is 11.2. The fraction of sp³-hybridized carbons (Fsp3) is 0.500. The summed E-state index contributed by atoms with van der Waals surface area (Å²) < 4.78 is 1.22. The first kappa shape index (κ1) is 27.4. The van der Waals surface area contributed by atoms with Gasteiger partial charge in [-0.3, -0.25) is 14.4 Å². The molecule has 2 aromatic rings. The molecular weight excluding hydrogens is 462 g/mol. The summed E-state index contributed by atoms with van der Waals surface area (Å²) >= 11 is 1.68. The summed E-state index contributed by atoms with van der Waals surface area (Å²) in [5.74, 6) is -4.71. The molecule has 1 aliphatic rings. The lowest BCUT2D eigenvalue weighted by molar-refractivity contribution is -0.170. The van der Waals surface area contributed by atoms with Crippen LogP contribution in [0.1, 0.15) is 61.7 Å². The Balaban J connectivity index is 0.000000273. The number of carboxylic acids is 3. The molecule has 0 bridgehead atoms. The number of ketones is 1. The van der Waals surface area contributed by atoms with E-state index in [-0.39, 0.29) is 0 Å². The molecule has 34 heavy (non-hydrogen) atoms. The summed E-state index contributed by atoms with van der Waals surface area (Å²) in [5, 5.41) is 37.0. The molecule has 0 radical (unpaired) electrons. The van der Waals surface area contributed by atoms with Crippen LogP contribution in [-0.4, -0.2) is 74.3 Å². The van der Waals surface area contributed by atoms with Gasteiger partial charge >= 0.3 is 17.9 Å². The molecule has 0 spiro atoms. The van der Waals surface area contributed by atoms with Gasteiger partial charge in [0.05, 0.1) is 12.8 Å². The van der Waals surface area contributed by atoms with Gasteiger partial charge in [-0.15, -0.1) is 11.3 Å². The zero-order valence-electron chi connectivity index (χ0n) is 18.9. The molecule has 1 aromatic carbocycles. The van der Waals surface area contributed by atoms with Crippen LogP contribution in [0.15, 0.2) is 29.6 Å². The third kappa shape index (κ3) is 8.51. The van der Waals surface area contributed by atoms with Crippen molar-refractivity contribution in [2.75, 3.05) is 19.6 Å². The number of rotatable bonds is 10. The third-order valence-electron chi connectivity index (χ3n) is 5.64. The Morgan fingerprint density at radius 2 is 1.50 bits per heavy atom. The molecule has 186 valence electrons. The predicted molar refractivity (Wildman–Crippen MR) is 127 cm³/mol. The van der Waals surface area contributed by atoms with Crippen molar-refractivity contribution in [3.63, 3.8) is 0 Å². The molecule has 10 heteroatoms. The third-order valence-corrected chi connectivity index (χ3v) is 6.61. The van der Waals surface area contributed by atoms with Gasteiger partial charge in [0, 0.05) is 27.5 Å². The maximum atomic E-state index is 12.4. The lowest BCUT2D eigenvalue weighted by Gasteiger charge is -2.19. The molecule has 4 N–H and O–H groups in total. The van der Waals surface area contributed by atoms with Crippen molar-refractivity contribution in [3.05, 3.63) is 35.2 Å². The van der Waals surface area contributed by atoms with Gasteiger partial charge in [-0.05, 0) is 45.0 Å². The molecule has 2 heterocycles. The number of carbonyl (C=O) groups is 4. The zero-order valence-corrected chi connectivity index (χ0v) is 19.8. The van der Waals surface area contributed by atoms with Gasteiger partial charge in [-0.25, -0.2) is 4.79 Å². The Morgan fingerprint density at radius 1 is 0.912 bits per heavy atom. The molecule has 0 unspecified atom stereocenters. The number of thiophene rings is 1. The first-order chi connectivity index (χ1) is 16.1. The van der Waals surface area contributed by atoms with Crippen LogP contribution in [0.25, 0.3) is 10.1 Å².